The molecule has 0 aliphatic heterocycles. The number of halogens is 3. The minimum atomic E-state index is -4.32. The van der Waals surface area contributed by atoms with E-state index in [1.165, 1.54) is 26.2 Å². The molecule has 0 aliphatic carbocycles. The van der Waals surface area contributed by atoms with Gasteiger partial charge in [-0.05, 0) is 18.2 Å². The van der Waals surface area contributed by atoms with Crippen LogP contribution in [0.25, 0.3) is 0 Å². The molecule has 1 aromatic carbocycles. The number of nitrogens with one attached hydrogen (secondary N) is 2. The number of rotatable bonds is 4. The molecule has 0 saturated carbocycles. The van der Waals surface area contributed by atoms with E-state index in [9.17, 15) is 18.0 Å². The van der Waals surface area contributed by atoms with Gasteiger partial charge in [-0.15, -0.1) is 0 Å². The highest BCUT2D eigenvalue weighted by atomic mass is 19.4. The maximum absolute atomic E-state index is 12.1. The SMILES string of the molecule is COc1ccc(NC(C)=O)cc1NCC(F)(F)F. The maximum Gasteiger partial charge on any atom is 0.405 e. The number of carbonyl (C=O) groups excluding carboxylic acids is 1. The first-order valence-electron chi connectivity index (χ1n) is 5.08. The average Bonchev–Trinajstić information content (AvgIpc) is 2.25. The Morgan fingerprint density at radius 2 is 2.06 bits per heavy atom. The number of amides is 1. The van der Waals surface area contributed by atoms with Crippen LogP contribution < -0.4 is 15.4 Å². The van der Waals surface area contributed by atoms with Gasteiger partial charge in [-0.3, -0.25) is 4.79 Å². The Morgan fingerprint density at radius 1 is 1.39 bits per heavy atom. The van der Waals surface area contributed by atoms with Crippen molar-refractivity contribution in [3.8, 4) is 5.75 Å². The molecule has 0 atom stereocenters. The number of methoxy groups -OCH3 is 1. The van der Waals surface area contributed by atoms with Crippen molar-refractivity contribution in [3.05, 3.63) is 18.2 Å². The van der Waals surface area contributed by atoms with Crippen molar-refractivity contribution in [2.75, 3.05) is 24.3 Å². The van der Waals surface area contributed by atoms with E-state index >= 15 is 0 Å². The zero-order valence-corrected chi connectivity index (χ0v) is 9.89. The van der Waals surface area contributed by atoms with Crippen molar-refractivity contribution in [1.82, 2.24) is 0 Å². The molecule has 4 nitrogen and oxygen atoms in total. The molecule has 0 fully saturated rings. The summed E-state index contributed by atoms with van der Waals surface area (Å²) in [6.45, 7) is 0.139. The van der Waals surface area contributed by atoms with Crippen LogP contribution in [0.15, 0.2) is 18.2 Å². The van der Waals surface area contributed by atoms with Crippen molar-refractivity contribution in [2.24, 2.45) is 0 Å². The fraction of sp³-hybridized carbons (Fsp3) is 0.364. The van der Waals surface area contributed by atoms with Gasteiger partial charge in [-0.1, -0.05) is 0 Å². The van der Waals surface area contributed by atoms with Crippen LogP contribution in [0.4, 0.5) is 24.5 Å². The molecule has 0 spiro atoms. The average molecular weight is 262 g/mol. The number of benzene rings is 1. The second-order valence-electron chi connectivity index (χ2n) is 3.56. The van der Waals surface area contributed by atoms with Gasteiger partial charge in [-0.2, -0.15) is 13.2 Å². The number of hydrogen-bond acceptors (Lipinski definition) is 3. The third-order valence-corrected chi connectivity index (χ3v) is 2.00. The summed E-state index contributed by atoms with van der Waals surface area (Å²) in [6, 6.07) is 4.40. The summed E-state index contributed by atoms with van der Waals surface area (Å²) in [5, 5.41) is 4.69. The Balaban J connectivity index is 2.88. The monoisotopic (exact) mass is 262 g/mol. The van der Waals surface area contributed by atoms with Crippen LogP contribution in [0.3, 0.4) is 0 Å². The normalized spacial score (nSPS) is 10.9. The Morgan fingerprint density at radius 3 is 2.56 bits per heavy atom. The predicted molar refractivity (Wildman–Crippen MR) is 61.8 cm³/mol. The van der Waals surface area contributed by atoms with Crippen LogP contribution in [0.2, 0.25) is 0 Å². The quantitative estimate of drug-likeness (QED) is 0.877. The van der Waals surface area contributed by atoms with Crippen LogP contribution in [0.1, 0.15) is 6.92 Å². The summed E-state index contributed by atoms with van der Waals surface area (Å²) < 4.78 is 41.3. The van der Waals surface area contributed by atoms with Gasteiger partial charge >= 0.3 is 6.18 Å². The van der Waals surface area contributed by atoms with E-state index in [1.807, 2.05) is 0 Å². The molecular formula is C11H13F3N2O2. The molecule has 0 bridgehead atoms. The minimum Gasteiger partial charge on any atom is -0.495 e. The smallest absolute Gasteiger partial charge is 0.405 e. The van der Waals surface area contributed by atoms with E-state index in [2.05, 4.69) is 10.6 Å². The lowest BCUT2D eigenvalue weighted by molar-refractivity contribution is -0.115. The molecule has 1 amide bonds. The fourth-order valence-electron chi connectivity index (χ4n) is 1.32. The number of hydrogen-bond donors (Lipinski definition) is 2. The molecule has 18 heavy (non-hydrogen) atoms. The van der Waals surface area contributed by atoms with Gasteiger partial charge in [0.15, 0.2) is 0 Å². The van der Waals surface area contributed by atoms with Gasteiger partial charge in [0.25, 0.3) is 0 Å². The van der Waals surface area contributed by atoms with Crippen molar-refractivity contribution in [2.45, 2.75) is 13.1 Å². The highest BCUT2D eigenvalue weighted by molar-refractivity contribution is 5.89. The Bertz CT molecular complexity index is 433. The zero-order valence-electron chi connectivity index (χ0n) is 9.89. The molecule has 1 aromatic rings. The first kappa shape index (κ1) is 14.1. The summed E-state index contributed by atoms with van der Waals surface area (Å²) in [5.74, 6) is -0.0321. The molecular weight excluding hydrogens is 249 g/mol. The molecule has 0 radical (unpaired) electrons. The number of anilines is 2. The largest absolute Gasteiger partial charge is 0.495 e. The molecule has 100 valence electrons. The molecule has 0 heterocycles. The van der Waals surface area contributed by atoms with Gasteiger partial charge in [0, 0.05) is 12.6 Å². The molecule has 0 aromatic heterocycles. The second kappa shape index (κ2) is 5.61. The van der Waals surface area contributed by atoms with Crippen molar-refractivity contribution >= 4 is 17.3 Å². The van der Waals surface area contributed by atoms with Crippen LogP contribution in [-0.2, 0) is 4.79 Å². The van der Waals surface area contributed by atoms with E-state index < -0.39 is 12.7 Å². The fourth-order valence-corrected chi connectivity index (χ4v) is 1.32. The van der Waals surface area contributed by atoms with Crippen molar-refractivity contribution in [1.29, 1.82) is 0 Å². The first-order chi connectivity index (χ1) is 8.31. The van der Waals surface area contributed by atoms with Crippen LogP contribution in [0.5, 0.6) is 5.75 Å². The third kappa shape index (κ3) is 4.52. The van der Waals surface area contributed by atoms with Crippen molar-refractivity contribution < 1.29 is 22.7 Å². The number of carbonyl (C=O) groups is 1. The van der Waals surface area contributed by atoms with Crippen LogP contribution >= 0.6 is 0 Å². The molecule has 2 N–H and O–H groups in total. The van der Waals surface area contributed by atoms with Crippen LogP contribution in [-0.4, -0.2) is 25.7 Å². The summed E-state index contributed by atoms with van der Waals surface area (Å²) in [4.78, 5) is 10.9. The first-order valence-corrected chi connectivity index (χ1v) is 5.08. The van der Waals surface area contributed by atoms with E-state index in [0.29, 0.717) is 5.69 Å². The van der Waals surface area contributed by atoms with E-state index in [1.54, 1.807) is 6.07 Å². The van der Waals surface area contributed by atoms with Gasteiger partial charge in [0.1, 0.15) is 12.3 Å². The maximum atomic E-state index is 12.1. The van der Waals surface area contributed by atoms with Gasteiger partial charge in [0.2, 0.25) is 5.91 Å². The third-order valence-electron chi connectivity index (χ3n) is 2.00. The number of ether oxygens (including phenoxy) is 1. The topological polar surface area (TPSA) is 50.4 Å². The van der Waals surface area contributed by atoms with Gasteiger partial charge < -0.3 is 15.4 Å². The molecule has 0 aliphatic rings. The lowest BCUT2D eigenvalue weighted by Crippen LogP contribution is -2.21. The Hall–Kier alpha value is -1.92. The minimum absolute atomic E-state index is 0.168. The zero-order chi connectivity index (χ0) is 13.8. The summed E-state index contributed by atoms with van der Waals surface area (Å²) in [7, 11) is 1.35. The standard InChI is InChI=1S/C11H13F3N2O2/c1-7(17)16-8-3-4-10(18-2)9(5-8)15-6-11(12,13)14/h3-5,15H,6H2,1-2H3,(H,16,17). The molecule has 0 saturated heterocycles. The van der Waals surface area contributed by atoms with Crippen molar-refractivity contribution in [3.63, 3.8) is 0 Å². The second-order valence-corrected chi connectivity index (χ2v) is 3.56. The summed E-state index contributed by atoms with van der Waals surface area (Å²) in [6.07, 6.45) is -4.32. The predicted octanol–water partition coefficient (Wildman–Crippen LogP) is 2.63. The summed E-state index contributed by atoms with van der Waals surface area (Å²) >= 11 is 0. The Kier molecular flexibility index (Phi) is 4.41. The highest BCUT2D eigenvalue weighted by Gasteiger charge is 2.27. The highest BCUT2D eigenvalue weighted by Crippen LogP contribution is 2.29. The van der Waals surface area contributed by atoms with Gasteiger partial charge in [0.05, 0.1) is 12.8 Å². The number of alkyl halides is 3. The molecule has 0 unspecified atom stereocenters. The van der Waals surface area contributed by atoms with E-state index in [-0.39, 0.29) is 17.3 Å². The summed E-state index contributed by atoms with van der Waals surface area (Å²) in [5.41, 5.74) is 0.564. The van der Waals surface area contributed by atoms with Gasteiger partial charge in [-0.25, -0.2) is 0 Å². The lowest BCUT2D eigenvalue weighted by atomic mass is 10.2. The van der Waals surface area contributed by atoms with E-state index in [4.69, 9.17) is 4.74 Å². The Labute approximate surface area is 102 Å². The van der Waals surface area contributed by atoms with E-state index in [0.717, 1.165) is 0 Å². The lowest BCUT2D eigenvalue weighted by Gasteiger charge is -2.14. The molecule has 7 heteroatoms. The molecule has 1 rings (SSSR count). The van der Waals surface area contributed by atoms with Crippen LogP contribution in [0, 0.1) is 0 Å².